The Morgan fingerprint density at radius 3 is 2.14 bits per heavy atom. The minimum atomic E-state index is -4.74. The van der Waals surface area contributed by atoms with Crippen molar-refractivity contribution in [1.29, 1.82) is 0 Å². The summed E-state index contributed by atoms with van der Waals surface area (Å²) in [6.45, 7) is 0. The largest absolute Gasteiger partial charge is 0.573 e. The van der Waals surface area contributed by atoms with Gasteiger partial charge in [0.1, 0.15) is 18.0 Å². The molecule has 4 nitrogen and oxygen atoms in total. The fourth-order valence-electron chi connectivity index (χ4n) is 1.79. The molecule has 0 saturated heterocycles. The smallest absolute Gasteiger partial charge is 0.406 e. The van der Waals surface area contributed by atoms with Gasteiger partial charge in [-0.3, -0.25) is 4.79 Å². The van der Waals surface area contributed by atoms with Gasteiger partial charge in [0.05, 0.1) is 0 Å². The van der Waals surface area contributed by atoms with E-state index in [0.717, 1.165) is 18.2 Å². The maximum absolute atomic E-state index is 12.0. The van der Waals surface area contributed by atoms with Crippen molar-refractivity contribution in [2.45, 2.75) is 18.6 Å². The highest BCUT2D eigenvalue weighted by Gasteiger charge is 2.32. The highest BCUT2D eigenvalue weighted by molar-refractivity contribution is 5.98. The van der Waals surface area contributed by atoms with E-state index in [2.05, 4.69) is 4.74 Å². The second-order valence-electron chi connectivity index (χ2n) is 4.39. The number of hydrogen-bond donors (Lipinski definition) is 2. The van der Waals surface area contributed by atoms with Gasteiger partial charge >= 0.3 is 6.36 Å². The van der Waals surface area contributed by atoms with Gasteiger partial charge in [-0.15, -0.1) is 13.2 Å². The van der Waals surface area contributed by atoms with Gasteiger partial charge in [0.15, 0.2) is 5.78 Å². The molecule has 2 atom stereocenters. The minimum Gasteiger partial charge on any atom is -0.406 e. The monoisotopic (exact) mass is 300 g/mol. The zero-order valence-electron chi connectivity index (χ0n) is 10.5. The Balaban J connectivity index is 2.06. The predicted molar refractivity (Wildman–Crippen MR) is 67.3 cm³/mol. The number of ketones is 1. The van der Waals surface area contributed by atoms with Crippen molar-refractivity contribution in [1.82, 2.24) is 0 Å². The lowest BCUT2D eigenvalue weighted by Crippen LogP contribution is -2.27. The number of rotatable bonds is 3. The lowest BCUT2D eigenvalue weighted by Gasteiger charge is -2.09. The van der Waals surface area contributed by atoms with Crippen molar-refractivity contribution in [3.63, 3.8) is 0 Å². The van der Waals surface area contributed by atoms with Gasteiger partial charge < -0.3 is 14.9 Å². The lowest BCUT2D eigenvalue weighted by molar-refractivity contribution is -0.274. The van der Waals surface area contributed by atoms with Gasteiger partial charge in [-0.25, -0.2) is 0 Å². The summed E-state index contributed by atoms with van der Waals surface area (Å²) in [4.78, 5) is 11.1. The van der Waals surface area contributed by atoms with E-state index in [1.165, 1.54) is 24.3 Å². The molecule has 0 amide bonds. The number of carbonyl (C=O) groups is 1. The van der Waals surface area contributed by atoms with Crippen LogP contribution in [0.4, 0.5) is 13.2 Å². The molecular formula is C14H11F3O4. The van der Waals surface area contributed by atoms with Gasteiger partial charge in [-0.1, -0.05) is 24.3 Å². The molecule has 0 heterocycles. The zero-order valence-corrected chi connectivity index (χ0v) is 10.5. The Morgan fingerprint density at radius 1 is 1.05 bits per heavy atom. The van der Waals surface area contributed by atoms with E-state index in [4.69, 9.17) is 0 Å². The zero-order chi connectivity index (χ0) is 15.6. The molecule has 1 aliphatic rings. The molecule has 0 bridgehead atoms. The van der Waals surface area contributed by atoms with E-state index < -0.39 is 24.4 Å². The summed E-state index contributed by atoms with van der Waals surface area (Å²) in [5.41, 5.74) is 0.787. The van der Waals surface area contributed by atoms with Crippen LogP contribution in [0.1, 0.15) is 5.56 Å². The number of alkyl halides is 3. The SMILES string of the molecule is O=C1C=C(/C=C/c2ccc(OC(F)(F)F)cc2)[C@H](O)[C@H]1O. The van der Waals surface area contributed by atoms with Gasteiger partial charge in [0.25, 0.3) is 0 Å². The molecule has 0 aliphatic heterocycles. The van der Waals surface area contributed by atoms with Crippen LogP contribution in [-0.4, -0.2) is 34.6 Å². The minimum absolute atomic E-state index is 0.239. The molecule has 0 radical (unpaired) electrons. The summed E-state index contributed by atoms with van der Waals surface area (Å²) >= 11 is 0. The van der Waals surface area contributed by atoms with Gasteiger partial charge in [-0.2, -0.15) is 0 Å². The van der Waals surface area contributed by atoms with Crippen LogP contribution < -0.4 is 4.74 Å². The number of aliphatic hydroxyl groups is 2. The average Bonchev–Trinajstić information content (AvgIpc) is 2.64. The van der Waals surface area contributed by atoms with Crippen LogP contribution in [0.2, 0.25) is 0 Å². The second-order valence-corrected chi connectivity index (χ2v) is 4.39. The Hall–Kier alpha value is -2.12. The second kappa shape index (κ2) is 5.71. The normalized spacial score (nSPS) is 22.7. The van der Waals surface area contributed by atoms with Crippen molar-refractivity contribution < 1.29 is 32.9 Å². The van der Waals surface area contributed by atoms with Crippen molar-refractivity contribution in [3.05, 3.63) is 47.6 Å². The maximum atomic E-state index is 12.0. The third-order valence-corrected chi connectivity index (χ3v) is 2.82. The lowest BCUT2D eigenvalue weighted by atomic mass is 10.1. The van der Waals surface area contributed by atoms with Crippen LogP contribution >= 0.6 is 0 Å². The molecule has 1 aromatic carbocycles. The summed E-state index contributed by atoms with van der Waals surface area (Å²) in [7, 11) is 0. The van der Waals surface area contributed by atoms with Crippen molar-refractivity contribution in [2.24, 2.45) is 0 Å². The first-order valence-corrected chi connectivity index (χ1v) is 5.92. The fraction of sp³-hybridized carbons (Fsp3) is 0.214. The highest BCUT2D eigenvalue weighted by Crippen LogP contribution is 2.24. The van der Waals surface area contributed by atoms with Crippen molar-refractivity contribution in [2.75, 3.05) is 0 Å². The first-order chi connectivity index (χ1) is 9.76. The average molecular weight is 300 g/mol. The fourth-order valence-corrected chi connectivity index (χ4v) is 1.79. The Morgan fingerprint density at radius 2 is 1.67 bits per heavy atom. The van der Waals surface area contributed by atoms with Gasteiger partial charge in [-0.05, 0) is 29.3 Å². The molecule has 1 aliphatic carbocycles. The molecule has 7 heteroatoms. The third-order valence-electron chi connectivity index (χ3n) is 2.82. The van der Waals surface area contributed by atoms with Crippen LogP contribution in [0.25, 0.3) is 6.08 Å². The summed E-state index contributed by atoms with van der Waals surface area (Å²) in [6.07, 6.45) is -3.47. The Labute approximate surface area is 117 Å². The first kappa shape index (κ1) is 15.3. The molecule has 2 N–H and O–H groups in total. The number of ether oxygens (including phenoxy) is 1. The first-order valence-electron chi connectivity index (χ1n) is 5.92. The molecule has 2 rings (SSSR count). The van der Waals surface area contributed by atoms with E-state index in [9.17, 15) is 28.2 Å². The number of carbonyl (C=O) groups excluding carboxylic acids is 1. The summed E-state index contributed by atoms with van der Waals surface area (Å²) in [6, 6.07) is 5.06. The van der Waals surface area contributed by atoms with E-state index in [1.54, 1.807) is 0 Å². The molecule has 21 heavy (non-hydrogen) atoms. The quantitative estimate of drug-likeness (QED) is 0.893. The van der Waals surface area contributed by atoms with E-state index in [-0.39, 0.29) is 11.3 Å². The summed E-state index contributed by atoms with van der Waals surface area (Å²) < 4.78 is 39.7. The van der Waals surface area contributed by atoms with Crippen LogP contribution in [0.3, 0.4) is 0 Å². The van der Waals surface area contributed by atoms with E-state index in [0.29, 0.717) is 5.56 Å². The van der Waals surface area contributed by atoms with Crippen molar-refractivity contribution in [3.8, 4) is 5.75 Å². The molecule has 0 fully saturated rings. The van der Waals surface area contributed by atoms with Crippen LogP contribution in [0.15, 0.2) is 42.0 Å². The topological polar surface area (TPSA) is 66.8 Å². The number of hydrogen-bond acceptors (Lipinski definition) is 4. The third kappa shape index (κ3) is 3.93. The van der Waals surface area contributed by atoms with E-state index >= 15 is 0 Å². The standard InChI is InChI=1S/C14H11F3O4/c15-14(16,17)21-10-5-2-8(3-6-10)1-4-9-7-11(18)13(20)12(9)19/h1-7,12-13,19-20H/b4-1+/t12-,13-/m0/s1. The highest BCUT2D eigenvalue weighted by atomic mass is 19.4. The molecule has 112 valence electrons. The number of aliphatic hydroxyl groups excluding tert-OH is 2. The maximum Gasteiger partial charge on any atom is 0.573 e. The van der Waals surface area contributed by atoms with Crippen LogP contribution in [0.5, 0.6) is 5.75 Å². The molecular weight excluding hydrogens is 289 g/mol. The van der Waals surface area contributed by atoms with Gasteiger partial charge in [0, 0.05) is 0 Å². The molecule has 1 aromatic rings. The number of benzene rings is 1. The molecule has 0 spiro atoms. The summed E-state index contributed by atoms with van der Waals surface area (Å²) in [5, 5.41) is 18.8. The predicted octanol–water partition coefficient (Wildman–Crippen LogP) is 1.83. The van der Waals surface area contributed by atoms with Crippen molar-refractivity contribution >= 4 is 11.9 Å². The Kier molecular flexibility index (Phi) is 4.15. The molecule has 0 saturated carbocycles. The van der Waals surface area contributed by atoms with Crippen LogP contribution in [0, 0.1) is 0 Å². The van der Waals surface area contributed by atoms with Crippen LogP contribution in [-0.2, 0) is 4.79 Å². The van der Waals surface area contributed by atoms with Gasteiger partial charge in [0.2, 0.25) is 0 Å². The molecule has 0 aromatic heterocycles. The summed E-state index contributed by atoms with van der Waals surface area (Å²) in [5.74, 6) is -0.929. The van der Waals surface area contributed by atoms with E-state index in [1.807, 2.05) is 0 Å². The Bertz CT molecular complexity index is 587. The molecule has 0 unspecified atom stereocenters. The number of halogens is 3.